The average Bonchev–Trinajstić information content (AvgIpc) is 2.57. The molecule has 0 aliphatic carbocycles. The van der Waals surface area contributed by atoms with Crippen molar-refractivity contribution in [2.24, 2.45) is 5.41 Å². The van der Waals surface area contributed by atoms with Crippen LogP contribution in [0.25, 0.3) is 0 Å². The normalized spacial score (nSPS) is 22.3. The maximum Gasteiger partial charge on any atom is 0.313 e. The highest BCUT2D eigenvalue weighted by Crippen LogP contribution is 2.37. The fourth-order valence-electron chi connectivity index (χ4n) is 3.35. The second-order valence-electron chi connectivity index (χ2n) is 6.44. The third-order valence-electron chi connectivity index (χ3n) is 4.80. The maximum absolute atomic E-state index is 12.8. The van der Waals surface area contributed by atoms with E-state index >= 15 is 0 Å². The molecule has 1 saturated heterocycles. The number of benzene rings is 1. The average molecular weight is 353 g/mol. The minimum absolute atomic E-state index is 0.0519. The zero-order valence-electron chi connectivity index (χ0n) is 14.7. The van der Waals surface area contributed by atoms with Crippen molar-refractivity contribution in [3.8, 4) is 0 Å². The van der Waals surface area contributed by atoms with Gasteiger partial charge in [0.15, 0.2) is 0 Å². The van der Waals surface area contributed by atoms with Crippen LogP contribution in [-0.2, 0) is 26.0 Å². The topological polar surface area (TPSA) is 63.7 Å². The lowest BCUT2D eigenvalue weighted by molar-refractivity contribution is -0.157. The molecule has 5 nitrogen and oxygen atoms in total. The smallest absolute Gasteiger partial charge is 0.313 e. The lowest BCUT2D eigenvalue weighted by atomic mass is 9.75. The molecule has 0 bridgehead atoms. The predicted octanol–water partition coefficient (Wildman–Crippen LogP) is 2.53. The van der Waals surface area contributed by atoms with E-state index in [-0.39, 0.29) is 18.3 Å². The van der Waals surface area contributed by atoms with Crippen LogP contribution in [0.5, 0.6) is 0 Å². The van der Waals surface area contributed by atoms with Crippen LogP contribution >= 0.6 is 0 Å². The van der Waals surface area contributed by atoms with E-state index in [1.807, 2.05) is 31.2 Å². The van der Waals surface area contributed by atoms with Crippen molar-refractivity contribution >= 4 is 16.0 Å². The van der Waals surface area contributed by atoms with Gasteiger partial charge in [-0.3, -0.25) is 4.79 Å². The standard InChI is InChI=1S/C18H27NO4S/c1-4-23-17(20)18(13-16-10-7-6-9-15(16)3)11-8-12-19(14-18)24(21,22)5-2/h6-7,9-10H,4-5,8,11-14H2,1-3H3/t18-/m1/s1. The molecule has 1 fully saturated rings. The third kappa shape index (κ3) is 3.98. The number of hydrogen-bond donors (Lipinski definition) is 0. The summed E-state index contributed by atoms with van der Waals surface area (Å²) in [5.74, 6) is -0.236. The maximum atomic E-state index is 12.8. The number of piperidine rings is 1. The Morgan fingerprint density at radius 2 is 2.00 bits per heavy atom. The van der Waals surface area contributed by atoms with Gasteiger partial charge in [-0.2, -0.15) is 0 Å². The summed E-state index contributed by atoms with van der Waals surface area (Å²) < 4.78 is 31.4. The Morgan fingerprint density at radius 1 is 1.29 bits per heavy atom. The molecule has 2 rings (SSSR count). The predicted molar refractivity (Wildman–Crippen MR) is 94.2 cm³/mol. The van der Waals surface area contributed by atoms with Crippen molar-refractivity contribution in [2.75, 3.05) is 25.4 Å². The minimum atomic E-state index is -3.32. The van der Waals surface area contributed by atoms with Gasteiger partial charge in [0.05, 0.1) is 17.8 Å². The van der Waals surface area contributed by atoms with E-state index in [4.69, 9.17) is 4.74 Å². The Kier molecular flexibility index (Phi) is 6.04. The SMILES string of the molecule is CCOC(=O)[C@@]1(Cc2ccccc2C)CCCN(S(=O)(=O)CC)C1. The Morgan fingerprint density at radius 3 is 2.62 bits per heavy atom. The summed E-state index contributed by atoms with van der Waals surface area (Å²) >= 11 is 0. The van der Waals surface area contributed by atoms with Crippen LogP contribution in [-0.4, -0.2) is 44.1 Å². The third-order valence-corrected chi connectivity index (χ3v) is 6.63. The molecule has 0 saturated carbocycles. The molecule has 1 aliphatic rings. The quantitative estimate of drug-likeness (QED) is 0.737. The number of ether oxygens (including phenoxy) is 1. The van der Waals surface area contributed by atoms with Crippen molar-refractivity contribution in [2.45, 2.75) is 40.0 Å². The minimum Gasteiger partial charge on any atom is -0.466 e. The summed E-state index contributed by atoms with van der Waals surface area (Å²) in [6.07, 6.45) is 1.83. The molecule has 0 aromatic heterocycles. The molecule has 6 heteroatoms. The molecule has 1 aromatic carbocycles. The molecular formula is C18H27NO4S. The van der Waals surface area contributed by atoms with Gasteiger partial charge in [-0.1, -0.05) is 24.3 Å². The van der Waals surface area contributed by atoms with E-state index in [2.05, 4.69) is 0 Å². The van der Waals surface area contributed by atoms with Crippen LogP contribution in [0, 0.1) is 12.3 Å². The first-order chi connectivity index (χ1) is 11.3. The number of carbonyl (C=O) groups excluding carboxylic acids is 1. The van der Waals surface area contributed by atoms with Gasteiger partial charge in [0.2, 0.25) is 10.0 Å². The molecule has 0 unspecified atom stereocenters. The van der Waals surface area contributed by atoms with Crippen LogP contribution in [0.4, 0.5) is 0 Å². The molecule has 134 valence electrons. The van der Waals surface area contributed by atoms with E-state index in [0.717, 1.165) is 11.1 Å². The molecule has 0 spiro atoms. The van der Waals surface area contributed by atoms with E-state index < -0.39 is 15.4 Å². The number of rotatable bonds is 6. The summed E-state index contributed by atoms with van der Waals surface area (Å²) in [6.45, 7) is 6.41. The number of sulfonamides is 1. The van der Waals surface area contributed by atoms with Gasteiger partial charge in [0, 0.05) is 13.1 Å². The Balaban J connectivity index is 2.37. The van der Waals surface area contributed by atoms with E-state index in [0.29, 0.717) is 32.4 Å². The van der Waals surface area contributed by atoms with Gasteiger partial charge >= 0.3 is 5.97 Å². The van der Waals surface area contributed by atoms with E-state index in [9.17, 15) is 13.2 Å². The first-order valence-corrected chi connectivity index (χ1v) is 10.1. The molecular weight excluding hydrogens is 326 g/mol. The molecule has 1 aliphatic heterocycles. The van der Waals surface area contributed by atoms with Crippen molar-refractivity contribution < 1.29 is 17.9 Å². The van der Waals surface area contributed by atoms with Crippen molar-refractivity contribution in [1.29, 1.82) is 0 Å². The number of hydrogen-bond acceptors (Lipinski definition) is 4. The van der Waals surface area contributed by atoms with Gasteiger partial charge in [-0.15, -0.1) is 0 Å². The van der Waals surface area contributed by atoms with Crippen LogP contribution in [0.2, 0.25) is 0 Å². The Hall–Kier alpha value is -1.40. The lowest BCUT2D eigenvalue weighted by Crippen LogP contribution is -2.52. The van der Waals surface area contributed by atoms with Crippen LogP contribution < -0.4 is 0 Å². The summed E-state index contributed by atoms with van der Waals surface area (Å²) in [5, 5.41) is 0. The van der Waals surface area contributed by atoms with Crippen LogP contribution in [0.15, 0.2) is 24.3 Å². The molecule has 1 atom stereocenters. The number of carbonyl (C=O) groups is 1. The summed E-state index contributed by atoms with van der Waals surface area (Å²) in [7, 11) is -3.32. The highest BCUT2D eigenvalue weighted by atomic mass is 32.2. The summed E-state index contributed by atoms with van der Waals surface area (Å²) in [4.78, 5) is 12.8. The summed E-state index contributed by atoms with van der Waals surface area (Å²) in [6, 6.07) is 7.93. The fourth-order valence-corrected chi connectivity index (χ4v) is 4.57. The number of esters is 1. The van der Waals surface area contributed by atoms with Gasteiger partial charge in [-0.05, 0) is 51.2 Å². The monoisotopic (exact) mass is 353 g/mol. The highest BCUT2D eigenvalue weighted by molar-refractivity contribution is 7.89. The van der Waals surface area contributed by atoms with Crippen LogP contribution in [0.3, 0.4) is 0 Å². The second-order valence-corrected chi connectivity index (χ2v) is 8.70. The first-order valence-electron chi connectivity index (χ1n) is 8.54. The van der Waals surface area contributed by atoms with E-state index in [1.165, 1.54) is 4.31 Å². The van der Waals surface area contributed by atoms with Crippen molar-refractivity contribution in [3.63, 3.8) is 0 Å². The van der Waals surface area contributed by atoms with Gasteiger partial charge in [0.1, 0.15) is 0 Å². The summed E-state index contributed by atoms with van der Waals surface area (Å²) in [5.41, 5.74) is 1.38. The van der Waals surface area contributed by atoms with Crippen molar-refractivity contribution in [1.82, 2.24) is 4.31 Å². The van der Waals surface area contributed by atoms with Gasteiger partial charge < -0.3 is 4.74 Å². The number of nitrogens with zero attached hydrogens (tertiary/aromatic N) is 1. The molecule has 0 radical (unpaired) electrons. The van der Waals surface area contributed by atoms with E-state index in [1.54, 1.807) is 13.8 Å². The Bertz CT molecular complexity index is 686. The largest absolute Gasteiger partial charge is 0.466 e. The number of aryl methyl sites for hydroxylation is 1. The molecule has 1 aromatic rings. The zero-order valence-corrected chi connectivity index (χ0v) is 15.6. The van der Waals surface area contributed by atoms with Gasteiger partial charge in [0.25, 0.3) is 0 Å². The fraction of sp³-hybridized carbons (Fsp3) is 0.611. The Labute approximate surface area is 145 Å². The first kappa shape index (κ1) is 18.9. The van der Waals surface area contributed by atoms with Crippen LogP contribution in [0.1, 0.15) is 37.8 Å². The molecule has 24 heavy (non-hydrogen) atoms. The van der Waals surface area contributed by atoms with Gasteiger partial charge in [-0.25, -0.2) is 12.7 Å². The second kappa shape index (κ2) is 7.66. The molecule has 0 N–H and O–H groups in total. The highest BCUT2D eigenvalue weighted by Gasteiger charge is 2.46. The zero-order chi connectivity index (χ0) is 17.8. The lowest BCUT2D eigenvalue weighted by Gasteiger charge is -2.40. The van der Waals surface area contributed by atoms with Crippen molar-refractivity contribution in [3.05, 3.63) is 35.4 Å². The molecule has 1 heterocycles. The molecule has 0 amide bonds.